The van der Waals surface area contributed by atoms with Crippen LogP contribution in [-0.2, 0) is 5.41 Å². The molecule has 0 amide bonds. The molecule has 0 saturated heterocycles. The normalized spacial score (nSPS) is 11.9. The van der Waals surface area contributed by atoms with Gasteiger partial charge in [-0.2, -0.15) is 4.37 Å². The van der Waals surface area contributed by atoms with Crippen molar-refractivity contribution in [2.45, 2.75) is 51.9 Å². The molecule has 2 nitrogen and oxygen atoms in total. The van der Waals surface area contributed by atoms with E-state index in [9.17, 15) is 5.11 Å². The van der Waals surface area contributed by atoms with E-state index < -0.39 is 0 Å². The second-order valence-corrected chi connectivity index (χ2v) is 4.91. The Morgan fingerprint density at radius 1 is 1.36 bits per heavy atom. The molecule has 0 aliphatic rings. The molecule has 0 aromatic carbocycles. The maximum Gasteiger partial charge on any atom is 0.222 e. The summed E-state index contributed by atoms with van der Waals surface area (Å²) in [6.45, 7) is 6.68. The monoisotopic (exact) mass is 213 g/mol. The smallest absolute Gasteiger partial charge is 0.222 e. The molecule has 3 heteroatoms. The largest absolute Gasteiger partial charge is 0.493 e. The first-order valence-electron chi connectivity index (χ1n) is 5.28. The van der Waals surface area contributed by atoms with Gasteiger partial charge in [-0.3, -0.25) is 0 Å². The molecule has 0 saturated carbocycles. The molecule has 1 aromatic rings. The molecule has 1 aromatic heterocycles. The molecule has 14 heavy (non-hydrogen) atoms. The molecule has 0 aliphatic heterocycles. The molecule has 80 valence electrons. The molecule has 0 atom stereocenters. The molecular formula is C11H19NOS. The van der Waals surface area contributed by atoms with Gasteiger partial charge in [0.05, 0.1) is 0 Å². The average molecular weight is 213 g/mol. The number of hydrogen-bond donors (Lipinski definition) is 1. The van der Waals surface area contributed by atoms with E-state index in [1.165, 1.54) is 42.1 Å². The van der Waals surface area contributed by atoms with Gasteiger partial charge in [-0.15, -0.1) is 0 Å². The first-order chi connectivity index (χ1) is 6.62. The highest BCUT2D eigenvalue weighted by Crippen LogP contribution is 2.37. The first kappa shape index (κ1) is 11.5. The summed E-state index contributed by atoms with van der Waals surface area (Å²) in [5, 5.41) is 9.25. The maximum absolute atomic E-state index is 9.25. The van der Waals surface area contributed by atoms with E-state index in [-0.39, 0.29) is 11.3 Å². The summed E-state index contributed by atoms with van der Waals surface area (Å²) in [6.07, 6.45) is 4.69. The Kier molecular flexibility index (Phi) is 3.93. The number of hydrogen-bond acceptors (Lipinski definition) is 3. The van der Waals surface area contributed by atoms with Gasteiger partial charge in [0.15, 0.2) is 0 Å². The van der Waals surface area contributed by atoms with Gasteiger partial charge in [-0.25, -0.2) is 0 Å². The topological polar surface area (TPSA) is 33.1 Å². The van der Waals surface area contributed by atoms with E-state index in [0.29, 0.717) is 0 Å². The molecule has 0 fully saturated rings. The van der Waals surface area contributed by atoms with E-state index in [1.54, 1.807) is 0 Å². The molecule has 1 rings (SSSR count). The third-order valence-electron chi connectivity index (χ3n) is 2.70. The van der Waals surface area contributed by atoms with Gasteiger partial charge in [-0.05, 0) is 24.4 Å². The fraction of sp³-hybridized carbons (Fsp3) is 0.727. The predicted molar refractivity (Wildman–Crippen MR) is 60.9 cm³/mol. The van der Waals surface area contributed by atoms with Crippen LogP contribution in [0.5, 0.6) is 5.88 Å². The maximum atomic E-state index is 9.25. The Hall–Kier alpha value is -0.570. The van der Waals surface area contributed by atoms with Crippen molar-refractivity contribution < 1.29 is 5.11 Å². The Morgan fingerprint density at radius 3 is 2.29 bits per heavy atom. The fourth-order valence-electron chi connectivity index (χ4n) is 2.03. The van der Waals surface area contributed by atoms with Crippen LogP contribution in [-0.4, -0.2) is 9.48 Å². The van der Waals surface area contributed by atoms with Gasteiger partial charge < -0.3 is 5.11 Å². The van der Waals surface area contributed by atoms with Gasteiger partial charge >= 0.3 is 0 Å². The highest BCUT2D eigenvalue weighted by atomic mass is 32.1. The van der Waals surface area contributed by atoms with Crippen molar-refractivity contribution in [3.05, 3.63) is 10.9 Å². The summed E-state index contributed by atoms with van der Waals surface area (Å²) in [5.41, 5.74) is 0.210. The molecule has 1 N–H and O–H groups in total. The third kappa shape index (κ3) is 2.47. The first-order valence-corrected chi connectivity index (χ1v) is 6.06. The van der Waals surface area contributed by atoms with Crippen LogP contribution in [0.25, 0.3) is 0 Å². The van der Waals surface area contributed by atoms with E-state index in [2.05, 4.69) is 25.1 Å². The molecule has 0 unspecified atom stereocenters. The minimum absolute atomic E-state index is 0.170. The van der Waals surface area contributed by atoms with Gasteiger partial charge in [0, 0.05) is 16.4 Å². The molecule has 0 radical (unpaired) electrons. The molecule has 0 bridgehead atoms. The molecule has 1 heterocycles. The zero-order chi connectivity index (χ0) is 10.6. The van der Waals surface area contributed by atoms with Crippen LogP contribution < -0.4 is 0 Å². The van der Waals surface area contributed by atoms with Crippen LogP contribution in [0.15, 0.2) is 6.07 Å². The van der Waals surface area contributed by atoms with Crippen LogP contribution in [0.2, 0.25) is 0 Å². The second kappa shape index (κ2) is 4.78. The summed E-state index contributed by atoms with van der Waals surface area (Å²) >= 11 is 1.44. The number of aromatic nitrogens is 1. The number of aromatic hydroxyl groups is 1. The Balaban J connectivity index is 2.86. The Morgan fingerprint density at radius 2 is 1.93 bits per heavy atom. The second-order valence-electron chi connectivity index (χ2n) is 4.11. The van der Waals surface area contributed by atoms with E-state index >= 15 is 0 Å². The lowest BCUT2D eigenvalue weighted by atomic mass is 9.80. The van der Waals surface area contributed by atoms with E-state index in [0.717, 1.165) is 0 Å². The Labute approximate surface area is 90.1 Å². The summed E-state index contributed by atoms with van der Waals surface area (Å²) in [5.74, 6) is 0.170. The standard InChI is InChI=1S/C11H19NOS/c1-4-6-11(3,7-5-2)9-8-10(13)12-14-9/h8H,4-7H2,1-3H3,(H,12,13). The van der Waals surface area contributed by atoms with E-state index in [4.69, 9.17) is 0 Å². The molecular weight excluding hydrogens is 194 g/mol. The summed E-state index contributed by atoms with van der Waals surface area (Å²) in [4.78, 5) is 1.22. The lowest BCUT2D eigenvalue weighted by Crippen LogP contribution is -2.19. The SMILES string of the molecule is CCCC(C)(CCC)c1cc(O)ns1. The highest BCUT2D eigenvalue weighted by Gasteiger charge is 2.27. The minimum Gasteiger partial charge on any atom is -0.493 e. The van der Waals surface area contributed by atoms with Gasteiger partial charge in [0.1, 0.15) is 0 Å². The summed E-state index contributed by atoms with van der Waals surface area (Å²) in [7, 11) is 0. The summed E-state index contributed by atoms with van der Waals surface area (Å²) < 4.78 is 3.94. The number of nitrogens with zero attached hydrogens (tertiary/aromatic N) is 1. The highest BCUT2D eigenvalue weighted by molar-refractivity contribution is 7.06. The van der Waals surface area contributed by atoms with Crippen molar-refractivity contribution in [1.29, 1.82) is 0 Å². The van der Waals surface area contributed by atoms with Crippen molar-refractivity contribution in [1.82, 2.24) is 4.37 Å². The van der Waals surface area contributed by atoms with Crippen molar-refractivity contribution in [3.63, 3.8) is 0 Å². The quantitative estimate of drug-likeness (QED) is 0.809. The zero-order valence-electron chi connectivity index (χ0n) is 9.21. The Bertz CT molecular complexity index is 277. The lowest BCUT2D eigenvalue weighted by Gasteiger charge is -2.27. The minimum atomic E-state index is 0.170. The summed E-state index contributed by atoms with van der Waals surface area (Å²) in [6, 6.07) is 1.82. The van der Waals surface area contributed by atoms with Crippen molar-refractivity contribution in [2.75, 3.05) is 0 Å². The third-order valence-corrected chi connectivity index (χ3v) is 3.78. The fourth-order valence-corrected chi connectivity index (χ4v) is 2.85. The van der Waals surface area contributed by atoms with Crippen molar-refractivity contribution in [2.24, 2.45) is 0 Å². The van der Waals surface area contributed by atoms with Crippen LogP contribution in [0.4, 0.5) is 0 Å². The zero-order valence-corrected chi connectivity index (χ0v) is 10.0. The van der Waals surface area contributed by atoms with Gasteiger partial charge in [0.25, 0.3) is 0 Å². The van der Waals surface area contributed by atoms with Gasteiger partial charge in [-0.1, -0.05) is 33.6 Å². The van der Waals surface area contributed by atoms with Crippen LogP contribution >= 0.6 is 11.5 Å². The van der Waals surface area contributed by atoms with Gasteiger partial charge in [0.2, 0.25) is 5.88 Å². The average Bonchev–Trinajstić information content (AvgIpc) is 2.53. The van der Waals surface area contributed by atoms with Crippen LogP contribution in [0.1, 0.15) is 51.3 Å². The van der Waals surface area contributed by atoms with Crippen LogP contribution in [0, 0.1) is 0 Å². The van der Waals surface area contributed by atoms with Crippen LogP contribution in [0.3, 0.4) is 0 Å². The van der Waals surface area contributed by atoms with Crippen molar-refractivity contribution >= 4 is 11.5 Å². The van der Waals surface area contributed by atoms with Crippen molar-refractivity contribution in [3.8, 4) is 5.88 Å². The number of rotatable bonds is 5. The molecule has 0 spiro atoms. The molecule has 0 aliphatic carbocycles. The lowest BCUT2D eigenvalue weighted by molar-refractivity contribution is 0.397. The predicted octanol–water partition coefficient (Wildman–Crippen LogP) is 3.71. The van der Waals surface area contributed by atoms with E-state index in [1.807, 2.05) is 6.07 Å².